The van der Waals surface area contributed by atoms with Crippen LogP contribution in [0.3, 0.4) is 0 Å². The fourth-order valence-corrected chi connectivity index (χ4v) is 2.77. The fourth-order valence-electron chi connectivity index (χ4n) is 2.21. The van der Waals surface area contributed by atoms with Gasteiger partial charge in [0, 0.05) is 25.3 Å². The third-order valence-corrected chi connectivity index (χ3v) is 4.11. The van der Waals surface area contributed by atoms with Crippen molar-refractivity contribution >= 4 is 17.3 Å². The van der Waals surface area contributed by atoms with Crippen LogP contribution in [-0.2, 0) is 0 Å². The maximum absolute atomic E-state index is 4.54. The quantitative estimate of drug-likeness (QED) is 0.869. The Bertz CT molecular complexity index is 485. The summed E-state index contributed by atoms with van der Waals surface area (Å²) in [5.41, 5.74) is 1.80. The van der Waals surface area contributed by atoms with E-state index < -0.39 is 0 Å². The Balaban J connectivity index is 1.71. The molecule has 2 aromatic heterocycles. The summed E-state index contributed by atoms with van der Waals surface area (Å²) in [6.45, 7) is 2.01. The highest BCUT2D eigenvalue weighted by Gasteiger charge is 2.21. The van der Waals surface area contributed by atoms with Crippen LogP contribution in [0.4, 0.5) is 5.95 Å². The van der Waals surface area contributed by atoms with Gasteiger partial charge < -0.3 is 10.2 Å². The lowest BCUT2D eigenvalue weighted by Gasteiger charge is -2.30. The van der Waals surface area contributed by atoms with Crippen LogP contribution in [-0.4, -0.2) is 46.3 Å². The van der Waals surface area contributed by atoms with E-state index in [1.165, 1.54) is 0 Å². The molecule has 1 saturated heterocycles. The van der Waals surface area contributed by atoms with E-state index in [1.54, 1.807) is 16.8 Å². The molecule has 0 amide bonds. The Morgan fingerprint density at radius 2 is 2.28 bits per heavy atom. The van der Waals surface area contributed by atoms with Crippen LogP contribution in [0.2, 0.25) is 0 Å². The molecule has 1 aliphatic rings. The largest absolute Gasteiger partial charge is 0.339 e. The first kappa shape index (κ1) is 11.6. The minimum Gasteiger partial charge on any atom is -0.339 e. The smallest absolute Gasteiger partial charge is 0.245 e. The van der Waals surface area contributed by atoms with Gasteiger partial charge in [-0.25, -0.2) is 0 Å². The van der Waals surface area contributed by atoms with Gasteiger partial charge in [-0.3, -0.25) is 10.1 Å². The van der Waals surface area contributed by atoms with Gasteiger partial charge in [-0.2, -0.15) is 4.98 Å². The monoisotopic (exact) mass is 264 g/mol. The molecule has 0 unspecified atom stereocenters. The minimum absolute atomic E-state index is 0.626. The maximum atomic E-state index is 4.54. The molecule has 6 nitrogen and oxygen atoms in total. The summed E-state index contributed by atoms with van der Waals surface area (Å²) in [4.78, 5) is 11.8. The number of aromatic nitrogens is 4. The number of thiazole rings is 1. The lowest BCUT2D eigenvalue weighted by atomic mass is 10.1. The van der Waals surface area contributed by atoms with Gasteiger partial charge >= 0.3 is 0 Å². The molecule has 2 N–H and O–H groups in total. The van der Waals surface area contributed by atoms with Crippen LogP contribution in [0, 0.1) is 0 Å². The van der Waals surface area contributed by atoms with Crippen molar-refractivity contribution in [3.8, 4) is 10.7 Å². The van der Waals surface area contributed by atoms with Crippen LogP contribution in [0.5, 0.6) is 0 Å². The molecule has 2 aromatic rings. The average molecular weight is 264 g/mol. The second-order valence-electron chi connectivity index (χ2n) is 4.40. The van der Waals surface area contributed by atoms with E-state index in [4.69, 9.17) is 0 Å². The van der Waals surface area contributed by atoms with Crippen LogP contribution in [0.25, 0.3) is 10.7 Å². The third-order valence-electron chi connectivity index (χ3n) is 3.33. The summed E-state index contributed by atoms with van der Waals surface area (Å²) in [6, 6.07) is 0.626. The van der Waals surface area contributed by atoms with Crippen LogP contribution in [0.15, 0.2) is 11.7 Å². The molecule has 3 heterocycles. The second kappa shape index (κ2) is 5.03. The normalized spacial score (nSPS) is 17.3. The highest BCUT2D eigenvalue weighted by atomic mass is 32.1. The number of hydrogen-bond donors (Lipinski definition) is 2. The molecule has 7 heteroatoms. The first-order chi connectivity index (χ1) is 8.86. The van der Waals surface area contributed by atoms with E-state index in [2.05, 4.69) is 30.4 Å². The first-order valence-corrected chi connectivity index (χ1v) is 6.98. The molecule has 3 rings (SSSR count). The van der Waals surface area contributed by atoms with Crippen molar-refractivity contribution in [1.29, 1.82) is 0 Å². The predicted octanol–water partition coefficient (Wildman–Crippen LogP) is 1.12. The van der Waals surface area contributed by atoms with Crippen molar-refractivity contribution in [3.05, 3.63) is 11.7 Å². The van der Waals surface area contributed by atoms with Crippen molar-refractivity contribution in [3.63, 3.8) is 0 Å². The molecule has 0 spiro atoms. The number of nitrogens with zero attached hydrogens (tertiary/aromatic N) is 4. The van der Waals surface area contributed by atoms with Gasteiger partial charge in [-0.05, 0) is 19.9 Å². The van der Waals surface area contributed by atoms with Crippen molar-refractivity contribution in [2.24, 2.45) is 0 Å². The van der Waals surface area contributed by atoms with Crippen molar-refractivity contribution in [2.75, 3.05) is 25.0 Å². The molecule has 1 fully saturated rings. The summed E-state index contributed by atoms with van der Waals surface area (Å²) in [7, 11) is 2.02. The number of anilines is 1. The zero-order chi connectivity index (χ0) is 12.4. The molecule has 18 heavy (non-hydrogen) atoms. The molecule has 1 aliphatic heterocycles. The maximum Gasteiger partial charge on any atom is 0.245 e. The van der Waals surface area contributed by atoms with E-state index in [0.29, 0.717) is 6.04 Å². The van der Waals surface area contributed by atoms with Gasteiger partial charge in [0.1, 0.15) is 0 Å². The molecular formula is C11H16N6S. The van der Waals surface area contributed by atoms with Crippen LogP contribution >= 0.6 is 11.3 Å². The molecule has 0 bridgehead atoms. The minimum atomic E-state index is 0.626. The Kier molecular flexibility index (Phi) is 3.24. The van der Waals surface area contributed by atoms with Crippen LogP contribution in [0.1, 0.15) is 12.8 Å². The van der Waals surface area contributed by atoms with E-state index in [0.717, 1.165) is 42.6 Å². The summed E-state index contributed by atoms with van der Waals surface area (Å²) in [5, 5.41) is 10.6. The number of nitrogens with one attached hydrogen (secondary N) is 2. The van der Waals surface area contributed by atoms with Crippen molar-refractivity contribution in [1.82, 2.24) is 25.5 Å². The number of rotatable bonds is 3. The first-order valence-electron chi connectivity index (χ1n) is 6.10. The zero-order valence-electron chi connectivity index (χ0n) is 10.3. The fraction of sp³-hybridized carbons (Fsp3) is 0.545. The average Bonchev–Trinajstić information content (AvgIpc) is 3.09. The summed E-state index contributed by atoms with van der Waals surface area (Å²) >= 11 is 1.57. The number of H-pyrrole nitrogens is 1. The molecular weight excluding hydrogens is 248 g/mol. The van der Waals surface area contributed by atoms with Gasteiger partial charge in [0.25, 0.3) is 0 Å². The predicted molar refractivity (Wildman–Crippen MR) is 71.8 cm³/mol. The molecule has 0 aromatic carbocycles. The summed E-state index contributed by atoms with van der Waals surface area (Å²) in [6.07, 6.45) is 4.09. The van der Waals surface area contributed by atoms with Crippen LogP contribution < -0.4 is 10.2 Å². The summed E-state index contributed by atoms with van der Waals surface area (Å²) < 4.78 is 0. The topological polar surface area (TPSA) is 69.7 Å². The van der Waals surface area contributed by atoms with Gasteiger partial charge in [0.15, 0.2) is 5.82 Å². The SMILES string of the molecule is CNC1CCN(c2n[nH]c(-c3cncs3)n2)CC1. The number of piperidine rings is 1. The highest BCUT2D eigenvalue weighted by molar-refractivity contribution is 7.13. The van der Waals surface area contributed by atoms with E-state index in [-0.39, 0.29) is 0 Å². The molecule has 0 atom stereocenters. The highest BCUT2D eigenvalue weighted by Crippen LogP contribution is 2.22. The number of hydrogen-bond acceptors (Lipinski definition) is 6. The van der Waals surface area contributed by atoms with E-state index in [9.17, 15) is 0 Å². The zero-order valence-corrected chi connectivity index (χ0v) is 11.1. The molecule has 0 saturated carbocycles. The third kappa shape index (κ3) is 2.23. The Morgan fingerprint density at radius 3 is 2.94 bits per heavy atom. The van der Waals surface area contributed by atoms with Gasteiger partial charge in [0.05, 0.1) is 10.4 Å². The molecule has 96 valence electrons. The Morgan fingerprint density at radius 1 is 1.44 bits per heavy atom. The lowest BCUT2D eigenvalue weighted by molar-refractivity contribution is 0.439. The van der Waals surface area contributed by atoms with Gasteiger partial charge in [-0.1, -0.05) is 0 Å². The summed E-state index contributed by atoms with van der Waals surface area (Å²) in [5.74, 6) is 1.61. The van der Waals surface area contributed by atoms with Crippen molar-refractivity contribution in [2.45, 2.75) is 18.9 Å². The standard InChI is InChI=1S/C11H16N6S/c1-12-8-2-4-17(5-3-8)11-14-10(15-16-11)9-6-13-7-18-9/h6-8,12H,2-5H2,1H3,(H,14,15,16). The number of aromatic amines is 1. The molecule has 0 radical (unpaired) electrons. The Labute approximate surface area is 109 Å². The Hall–Kier alpha value is -1.47. The van der Waals surface area contributed by atoms with E-state index in [1.807, 2.05) is 13.2 Å². The van der Waals surface area contributed by atoms with E-state index >= 15 is 0 Å². The van der Waals surface area contributed by atoms with Crippen molar-refractivity contribution < 1.29 is 0 Å². The lowest BCUT2D eigenvalue weighted by Crippen LogP contribution is -2.41. The second-order valence-corrected chi connectivity index (χ2v) is 5.29. The molecule has 0 aliphatic carbocycles. The van der Waals surface area contributed by atoms with Gasteiger partial charge in [0.2, 0.25) is 5.95 Å². The van der Waals surface area contributed by atoms with Gasteiger partial charge in [-0.15, -0.1) is 16.4 Å².